The molecule has 0 saturated heterocycles. The number of ketones is 1. The van der Waals surface area contributed by atoms with E-state index in [1.807, 2.05) is 0 Å². The van der Waals surface area contributed by atoms with Crippen molar-refractivity contribution in [1.29, 1.82) is 0 Å². The lowest BCUT2D eigenvalue weighted by Crippen LogP contribution is -2.29. The Morgan fingerprint density at radius 1 is 1.08 bits per heavy atom. The molecule has 0 bridgehead atoms. The van der Waals surface area contributed by atoms with Crippen LogP contribution in [0.5, 0.6) is 28.7 Å². The van der Waals surface area contributed by atoms with Crippen LogP contribution < -0.4 is 14.2 Å². The molecule has 0 fully saturated rings. The monoisotopic (exact) mass is 330 g/mol. The van der Waals surface area contributed by atoms with Crippen LogP contribution in [0.1, 0.15) is 15.9 Å². The van der Waals surface area contributed by atoms with E-state index in [2.05, 4.69) is 0 Å². The van der Waals surface area contributed by atoms with Gasteiger partial charge < -0.3 is 24.4 Å². The molecule has 0 aliphatic carbocycles. The van der Waals surface area contributed by atoms with Gasteiger partial charge in [-0.3, -0.25) is 4.79 Å². The van der Waals surface area contributed by atoms with Gasteiger partial charge in [-0.1, -0.05) is 6.07 Å². The Hall–Kier alpha value is -2.89. The molecule has 6 nitrogen and oxygen atoms in total. The summed E-state index contributed by atoms with van der Waals surface area (Å²) in [6.07, 6.45) is 0.419. The number of ether oxygens (including phenoxy) is 3. The molecule has 0 amide bonds. The van der Waals surface area contributed by atoms with Crippen molar-refractivity contribution in [2.24, 2.45) is 5.92 Å². The third kappa shape index (κ3) is 2.82. The smallest absolute Gasteiger partial charge is 0.173 e. The zero-order valence-corrected chi connectivity index (χ0v) is 13.4. The lowest BCUT2D eigenvalue weighted by Gasteiger charge is -2.25. The summed E-state index contributed by atoms with van der Waals surface area (Å²) in [6, 6.07) is 7.91. The Morgan fingerprint density at radius 3 is 2.46 bits per heavy atom. The van der Waals surface area contributed by atoms with Crippen LogP contribution in [0.25, 0.3) is 0 Å². The van der Waals surface area contributed by atoms with Crippen molar-refractivity contribution in [2.75, 3.05) is 20.8 Å². The number of carbonyl (C=O) groups excluding carboxylic acids is 1. The predicted octanol–water partition coefficient (Wildman–Crippen LogP) is 2.55. The van der Waals surface area contributed by atoms with Crippen LogP contribution in [0.3, 0.4) is 0 Å². The first-order valence-corrected chi connectivity index (χ1v) is 7.47. The van der Waals surface area contributed by atoms with Gasteiger partial charge in [0, 0.05) is 6.07 Å². The normalized spacial score (nSPS) is 16.2. The minimum absolute atomic E-state index is 0.0296. The topological polar surface area (TPSA) is 85.2 Å². The van der Waals surface area contributed by atoms with Crippen LogP contribution in [-0.4, -0.2) is 36.8 Å². The summed E-state index contributed by atoms with van der Waals surface area (Å²) in [6.45, 7) is 0.229. The van der Waals surface area contributed by atoms with E-state index in [1.165, 1.54) is 26.4 Å². The van der Waals surface area contributed by atoms with E-state index >= 15 is 0 Å². The molecule has 24 heavy (non-hydrogen) atoms. The largest absolute Gasteiger partial charge is 0.504 e. The highest BCUT2D eigenvalue weighted by molar-refractivity contribution is 6.02. The minimum Gasteiger partial charge on any atom is -0.504 e. The van der Waals surface area contributed by atoms with Crippen molar-refractivity contribution < 1.29 is 29.2 Å². The van der Waals surface area contributed by atoms with Crippen molar-refractivity contribution in [3.8, 4) is 28.7 Å². The number of methoxy groups -OCH3 is 2. The fourth-order valence-electron chi connectivity index (χ4n) is 2.81. The van der Waals surface area contributed by atoms with Gasteiger partial charge in [0.1, 0.15) is 5.75 Å². The molecule has 0 aromatic heterocycles. The van der Waals surface area contributed by atoms with Crippen LogP contribution in [0.4, 0.5) is 0 Å². The quantitative estimate of drug-likeness (QED) is 0.896. The molecule has 1 heterocycles. The second-order valence-corrected chi connectivity index (χ2v) is 5.60. The molecule has 0 spiro atoms. The maximum Gasteiger partial charge on any atom is 0.173 e. The van der Waals surface area contributed by atoms with Gasteiger partial charge in [-0.2, -0.15) is 0 Å². The summed E-state index contributed by atoms with van der Waals surface area (Å²) < 4.78 is 15.7. The van der Waals surface area contributed by atoms with Crippen LogP contribution in [0, 0.1) is 5.92 Å². The van der Waals surface area contributed by atoms with Gasteiger partial charge in [0.2, 0.25) is 0 Å². The van der Waals surface area contributed by atoms with Gasteiger partial charge in [-0.05, 0) is 30.2 Å². The van der Waals surface area contributed by atoms with Crippen molar-refractivity contribution in [2.45, 2.75) is 6.42 Å². The maximum atomic E-state index is 12.7. The summed E-state index contributed by atoms with van der Waals surface area (Å²) >= 11 is 0. The lowest BCUT2D eigenvalue weighted by atomic mass is 9.89. The van der Waals surface area contributed by atoms with E-state index in [0.29, 0.717) is 23.5 Å². The molecule has 126 valence electrons. The summed E-state index contributed by atoms with van der Waals surface area (Å²) in [5, 5.41) is 19.7. The van der Waals surface area contributed by atoms with E-state index in [1.54, 1.807) is 18.2 Å². The molecule has 0 saturated carbocycles. The first kappa shape index (κ1) is 16.0. The first-order valence-electron chi connectivity index (χ1n) is 7.47. The molecule has 6 heteroatoms. The fraction of sp³-hybridized carbons (Fsp3) is 0.278. The number of phenols is 2. The zero-order chi connectivity index (χ0) is 17.3. The Kier molecular flexibility index (Phi) is 4.20. The molecule has 3 rings (SSSR count). The maximum absolute atomic E-state index is 12.7. The Morgan fingerprint density at radius 2 is 1.79 bits per heavy atom. The zero-order valence-electron chi connectivity index (χ0n) is 13.4. The van der Waals surface area contributed by atoms with Gasteiger partial charge in [-0.15, -0.1) is 0 Å². The molecule has 1 atom stereocenters. The standard InChI is InChI=1S/C18H18O6/c1-22-15-4-3-10(6-13(15)19)5-11-9-24-16-8-17(23-2)14(20)7-12(16)18(11)21/h3-4,6-8,11,19-20H,5,9H2,1-2H3. The number of hydrogen-bond acceptors (Lipinski definition) is 6. The molecule has 1 aliphatic rings. The predicted molar refractivity (Wildman–Crippen MR) is 86.3 cm³/mol. The van der Waals surface area contributed by atoms with Gasteiger partial charge >= 0.3 is 0 Å². The van der Waals surface area contributed by atoms with E-state index in [0.717, 1.165) is 5.56 Å². The average Bonchev–Trinajstić information content (AvgIpc) is 2.58. The van der Waals surface area contributed by atoms with Crippen molar-refractivity contribution in [3.05, 3.63) is 41.5 Å². The van der Waals surface area contributed by atoms with E-state index < -0.39 is 5.92 Å². The molecule has 0 radical (unpaired) electrons. The summed E-state index contributed by atoms with van der Waals surface area (Å²) in [5.41, 5.74) is 1.14. The van der Waals surface area contributed by atoms with Crippen LogP contribution in [0.15, 0.2) is 30.3 Å². The lowest BCUT2D eigenvalue weighted by molar-refractivity contribution is 0.0829. The Balaban J connectivity index is 1.83. The van der Waals surface area contributed by atoms with Gasteiger partial charge in [-0.25, -0.2) is 0 Å². The molecular weight excluding hydrogens is 312 g/mol. The summed E-state index contributed by atoms with van der Waals surface area (Å²) in [7, 11) is 2.91. The van der Waals surface area contributed by atoms with E-state index in [9.17, 15) is 15.0 Å². The number of aromatic hydroxyl groups is 2. The number of fused-ring (bicyclic) bond motifs is 1. The first-order chi connectivity index (χ1) is 11.5. The average molecular weight is 330 g/mol. The second-order valence-electron chi connectivity index (χ2n) is 5.60. The van der Waals surface area contributed by atoms with E-state index in [-0.39, 0.29) is 29.6 Å². The summed E-state index contributed by atoms with van der Waals surface area (Å²) in [4.78, 5) is 12.7. The summed E-state index contributed by atoms with van der Waals surface area (Å²) in [5.74, 6) is 0.483. The highest BCUT2D eigenvalue weighted by Crippen LogP contribution is 2.38. The number of phenolic OH excluding ortho intramolecular Hbond substituents is 2. The van der Waals surface area contributed by atoms with Crippen LogP contribution in [0.2, 0.25) is 0 Å². The highest BCUT2D eigenvalue weighted by atomic mass is 16.5. The highest BCUT2D eigenvalue weighted by Gasteiger charge is 2.30. The fourth-order valence-corrected chi connectivity index (χ4v) is 2.81. The van der Waals surface area contributed by atoms with Crippen LogP contribution >= 0.6 is 0 Å². The molecule has 2 aromatic rings. The minimum atomic E-state index is -0.391. The number of hydrogen-bond donors (Lipinski definition) is 2. The van der Waals surface area contributed by atoms with E-state index in [4.69, 9.17) is 14.2 Å². The third-order valence-corrected chi connectivity index (χ3v) is 4.08. The van der Waals surface area contributed by atoms with Crippen molar-refractivity contribution >= 4 is 5.78 Å². The molecular formula is C18H18O6. The molecule has 2 N–H and O–H groups in total. The third-order valence-electron chi connectivity index (χ3n) is 4.08. The van der Waals surface area contributed by atoms with Gasteiger partial charge in [0.15, 0.2) is 28.8 Å². The van der Waals surface area contributed by atoms with Crippen LogP contribution in [-0.2, 0) is 6.42 Å². The van der Waals surface area contributed by atoms with Gasteiger partial charge in [0.05, 0.1) is 32.3 Å². The number of carbonyl (C=O) groups is 1. The molecule has 1 unspecified atom stereocenters. The SMILES string of the molecule is COc1ccc(CC2COc3cc(OC)c(O)cc3C2=O)cc1O. The molecule has 2 aromatic carbocycles. The van der Waals surface area contributed by atoms with Crippen molar-refractivity contribution in [3.63, 3.8) is 0 Å². The number of benzene rings is 2. The number of Topliss-reactive ketones (excluding diaryl/α,β-unsaturated/α-hetero) is 1. The van der Waals surface area contributed by atoms with Gasteiger partial charge in [0.25, 0.3) is 0 Å². The van der Waals surface area contributed by atoms with Crippen molar-refractivity contribution in [1.82, 2.24) is 0 Å². The number of rotatable bonds is 4. The Bertz CT molecular complexity index is 783. The Labute approximate surface area is 139 Å². The molecule has 1 aliphatic heterocycles. The second kappa shape index (κ2) is 6.31.